The largest absolute Gasteiger partial charge is 0.351 e. The molecule has 1 unspecified atom stereocenters. The fourth-order valence-electron chi connectivity index (χ4n) is 3.02. The maximum absolute atomic E-state index is 13.5. The van der Waals surface area contributed by atoms with E-state index in [1.54, 1.807) is 18.2 Å². The Morgan fingerprint density at radius 2 is 1.92 bits per heavy atom. The van der Waals surface area contributed by atoms with E-state index in [2.05, 4.69) is 10.6 Å². The van der Waals surface area contributed by atoms with E-state index >= 15 is 0 Å². The third-order valence-corrected chi connectivity index (χ3v) is 4.34. The lowest BCUT2D eigenvalue weighted by Gasteiger charge is -2.36. The van der Waals surface area contributed by atoms with Crippen LogP contribution in [-0.4, -0.2) is 37.0 Å². The topological polar surface area (TPSA) is 44.4 Å². The molecule has 1 aliphatic rings. The molecule has 26 heavy (non-hydrogen) atoms. The number of piperazine rings is 1. The Balaban J connectivity index is 0.00000243. The molecule has 0 radical (unpaired) electrons. The van der Waals surface area contributed by atoms with Crippen molar-refractivity contribution in [3.63, 3.8) is 0 Å². The van der Waals surface area contributed by atoms with Crippen LogP contribution in [0.1, 0.15) is 17.2 Å². The molecular weight excluding hydrogens is 360 g/mol. The van der Waals surface area contributed by atoms with Gasteiger partial charge in [0.2, 0.25) is 5.91 Å². The lowest BCUT2D eigenvalue weighted by Crippen LogP contribution is -2.49. The number of carbonyl (C=O) groups excluding carboxylic acids is 1. The van der Waals surface area contributed by atoms with Gasteiger partial charge in [0, 0.05) is 32.2 Å². The number of carbonyl (C=O) groups is 1. The van der Waals surface area contributed by atoms with Gasteiger partial charge in [-0.3, -0.25) is 9.69 Å². The number of nitrogens with one attached hydrogen (secondary N) is 2. The minimum Gasteiger partial charge on any atom is -0.351 e. The van der Waals surface area contributed by atoms with Crippen LogP contribution in [0.3, 0.4) is 0 Å². The predicted molar refractivity (Wildman–Crippen MR) is 99.1 cm³/mol. The molecule has 1 heterocycles. The first-order valence-electron chi connectivity index (χ1n) is 8.33. The van der Waals surface area contributed by atoms with Crippen molar-refractivity contribution >= 4 is 18.3 Å². The van der Waals surface area contributed by atoms with Crippen LogP contribution < -0.4 is 10.6 Å². The summed E-state index contributed by atoms with van der Waals surface area (Å²) in [5, 5.41) is 6.14. The Labute approximate surface area is 158 Å². The summed E-state index contributed by atoms with van der Waals surface area (Å²) in [5.74, 6) is -0.676. The van der Waals surface area contributed by atoms with Crippen molar-refractivity contribution < 1.29 is 13.6 Å². The highest BCUT2D eigenvalue weighted by Crippen LogP contribution is 2.22. The quantitative estimate of drug-likeness (QED) is 0.837. The zero-order valence-corrected chi connectivity index (χ0v) is 15.1. The third-order valence-electron chi connectivity index (χ3n) is 4.34. The zero-order valence-electron chi connectivity index (χ0n) is 14.3. The zero-order chi connectivity index (χ0) is 17.6. The van der Waals surface area contributed by atoms with Crippen LogP contribution in [0.15, 0.2) is 48.5 Å². The van der Waals surface area contributed by atoms with E-state index in [-0.39, 0.29) is 42.5 Å². The summed E-state index contributed by atoms with van der Waals surface area (Å²) in [6.07, 6.45) is 0. The molecule has 1 saturated heterocycles. The van der Waals surface area contributed by atoms with Gasteiger partial charge in [-0.05, 0) is 35.4 Å². The SMILES string of the molecule is Cl.O=C(CN1CCNCC1c1cccc(F)c1)NCc1ccc(F)cc1. The second-order valence-corrected chi connectivity index (χ2v) is 6.15. The van der Waals surface area contributed by atoms with Crippen molar-refractivity contribution in [2.75, 3.05) is 26.2 Å². The smallest absolute Gasteiger partial charge is 0.234 e. The molecule has 0 saturated carbocycles. The maximum Gasteiger partial charge on any atom is 0.234 e. The number of hydrogen-bond acceptors (Lipinski definition) is 3. The summed E-state index contributed by atoms with van der Waals surface area (Å²) in [5.41, 5.74) is 1.70. The van der Waals surface area contributed by atoms with Crippen LogP contribution >= 0.6 is 12.4 Å². The molecule has 1 atom stereocenters. The van der Waals surface area contributed by atoms with Crippen molar-refractivity contribution in [1.82, 2.24) is 15.5 Å². The van der Waals surface area contributed by atoms with Gasteiger partial charge in [0.15, 0.2) is 0 Å². The molecule has 0 bridgehead atoms. The van der Waals surface area contributed by atoms with Crippen LogP contribution in [0, 0.1) is 11.6 Å². The number of rotatable bonds is 5. The van der Waals surface area contributed by atoms with Gasteiger partial charge in [-0.1, -0.05) is 24.3 Å². The fraction of sp³-hybridized carbons (Fsp3) is 0.316. The summed E-state index contributed by atoms with van der Waals surface area (Å²) in [7, 11) is 0. The van der Waals surface area contributed by atoms with E-state index in [1.807, 2.05) is 11.0 Å². The first-order chi connectivity index (χ1) is 12.1. The second kappa shape index (κ2) is 9.62. The molecule has 1 fully saturated rings. The number of amides is 1. The molecule has 140 valence electrons. The summed E-state index contributed by atoms with van der Waals surface area (Å²) < 4.78 is 26.4. The van der Waals surface area contributed by atoms with Gasteiger partial charge in [-0.2, -0.15) is 0 Å². The van der Waals surface area contributed by atoms with Crippen LogP contribution in [-0.2, 0) is 11.3 Å². The van der Waals surface area contributed by atoms with Crippen molar-refractivity contribution in [3.8, 4) is 0 Å². The molecule has 0 spiro atoms. The van der Waals surface area contributed by atoms with E-state index in [1.165, 1.54) is 24.3 Å². The Kier molecular flexibility index (Phi) is 7.50. The predicted octanol–water partition coefficient (Wildman–Crippen LogP) is 2.65. The second-order valence-electron chi connectivity index (χ2n) is 6.15. The van der Waals surface area contributed by atoms with Gasteiger partial charge in [0.25, 0.3) is 0 Å². The number of nitrogens with zero attached hydrogens (tertiary/aromatic N) is 1. The summed E-state index contributed by atoms with van der Waals surface area (Å²) in [6, 6.07) is 12.5. The molecule has 0 aromatic heterocycles. The lowest BCUT2D eigenvalue weighted by atomic mass is 10.0. The van der Waals surface area contributed by atoms with E-state index in [0.29, 0.717) is 19.6 Å². The number of benzene rings is 2. The molecule has 4 nitrogen and oxygen atoms in total. The van der Waals surface area contributed by atoms with Crippen LogP contribution in [0.4, 0.5) is 8.78 Å². The third kappa shape index (κ3) is 5.49. The molecule has 1 amide bonds. The Bertz CT molecular complexity index is 727. The van der Waals surface area contributed by atoms with Gasteiger partial charge >= 0.3 is 0 Å². The van der Waals surface area contributed by atoms with E-state index < -0.39 is 0 Å². The molecule has 1 aliphatic heterocycles. The first-order valence-corrected chi connectivity index (χ1v) is 8.33. The molecule has 3 rings (SSSR count). The lowest BCUT2D eigenvalue weighted by molar-refractivity contribution is -0.123. The summed E-state index contributed by atoms with van der Waals surface area (Å²) in [4.78, 5) is 14.3. The van der Waals surface area contributed by atoms with E-state index in [4.69, 9.17) is 0 Å². The number of hydrogen-bond donors (Lipinski definition) is 2. The van der Waals surface area contributed by atoms with Crippen molar-refractivity contribution in [2.45, 2.75) is 12.6 Å². The van der Waals surface area contributed by atoms with Gasteiger partial charge < -0.3 is 10.6 Å². The standard InChI is InChI=1S/C19H21F2N3O.ClH/c20-16-6-4-14(5-7-16)11-23-19(25)13-24-9-8-22-12-18(24)15-2-1-3-17(21)10-15;/h1-7,10,18,22H,8-9,11-13H2,(H,23,25);1H. The minimum atomic E-state index is -0.297. The molecule has 2 aromatic carbocycles. The first kappa shape index (κ1) is 20.3. The van der Waals surface area contributed by atoms with Crippen LogP contribution in [0.2, 0.25) is 0 Å². The summed E-state index contributed by atoms with van der Waals surface area (Å²) in [6.45, 7) is 2.77. The van der Waals surface area contributed by atoms with Crippen LogP contribution in [0.5, 0.6) is 0 Å². The Morgan fingerprint density at radius 3 is 2.65 bits per heavy atom. The van der Waals surface area contributed by atoms with Gasteiger partial charge in [-0.15, -0.1) is 12.4 Å². The molecule has 2 N–H and O–H groups in total. The van der Waals surface area contributed by atoms with E-state index in [0.717, 1.165) is 17.7 Å². The van der Waals surface area contributed by atoms with Crippen molar-refractivity contribution in [2.24, 2.45) is 0 Å². The molecular formula is C19H22ClF2N3O. The minimum absolute atomic E-state index is 0. The normalized spacial score (nSPS) is 17.4. The molecule has 2 aromatic rings. The van der Waals surface area contributed by atoms with E-state index in [9.17, 15) is 13.6 Å². The maximum atomic E-state index is 13.5. The van der Waals surface area contributed by atoms with Gasteiger partial charge in [0.05, 0.1) is 6.54 Å². The Hall–Kier alpha value is -2.02. The van der Waals surface area contributed by atoms with Crippen molar-refractivity contribution in [1.29, 1.82) is 0 Å². The highest BCUT2D eigenvalue weighted by molar-refractivity contribution is 5.85. The monoisotopic (exact) mass is 381 g/mol. The molecule has 7 heteroatoms. The number of halogens is 3. The average Bonchev–Trinajstić information content (AvgIpc) is 2.62. The summed E-state index contributed by atoms with van der Waals surface area (Å²) >= 11 is 0. The van der Waals surface area contributed by atoms with Crippen LogP contribution in [0.25, 0.3) is 0 Å². The fourth-order valence-corrected chi connectivity index (χ4v) is 3.02. The highest BCUT2D eigenvalue weighted by atomic mass is 35.5. The highest BCUT2D eigenvalue weighted by Gasteiger charge is 2.25. The van der Waals surface area contributed by atoms with Gasteiger partial charge in [-0.25, -0.2) is 8.78 Å². The Morgan fingerprint density at radius 1 is 1.15 bits per heavy atom. The average molecular weight is 382 g/mol. The molecule has 0 aliphatic carbocycles. The van der Waals surface area contributed by atoms with Crippen molar-refractivity contribution in [3.05, 3.63) is 71.3 Å². The van der Waals surface area contributed by atoms with Gasteiger partial charge in [0.1, 0.15) is 11.6 Å².